The highest BCUT2D eigenvalue weighted by Crippen LogP contribution is 2.31. The molecule has 0 aliphatic rings. The van der Waals surface area contributed by atoms with Crippen LogP contribution < -0.4 is 9.64 Å². The van der Waals surface area contributed by atoms with Crippen LogP contribution in [-0.4, -0.2) is 10.9 Å². The number of nitrogens with zero attached hydrogens (tertiary/aromatic N) is 2. The SMILES string of the molecule is CC(=O)N(Cc1ccccc1OCc1ccc(Cl)cc1)c1ccc2oc(-c3ccccc3C)nc2c1. The summed E-state index contributed by atoms with van der Waals surface area (Å²) in [5.74, 6) is 1.21. The summed E-state index contributed by atoms with van der Waals surface area (Å²) < 4.78 is 12.1. The molecule has 1 heterocycles. The van der Waals surface area contributed by atoms with Gasteiger partial charge < -0.3 is 14.1 Å². The zero-order valence-electron chi connectivity index (χ0n) is 20.1. The Morgan fingerprint density at radius 3 is 2.50 bits per heavy atom. The number of aromatic nitrogens is 1. The van der Waals surface area contributed by atoms with Gasteiger partial charge in [0.1, 0.15) is 17.9 Å². The van der Waals surface area contributed by atoms with Crippen molar-refractivity contribution in [3.8, 4) is 17.2 Å². The average molecular weight is 497 g/mol. The highest BCUT2D eigenvalue weighted by Gasteiger charge is 2.17. The number of hydrogen-bond donors (Lipinski definition) is 0. The molecule has 0 bridgehead atoms. The number of halogens is 1. The molecule has 5 aromatic rings. The van der Waals surface area contributed by atoms with Gasteiger partial charge in [-0.05, 0) is 60.5 Å². The summed E-state index contributed by atoms with van der Waals surface area (Å²) in [4.78, 5) is 19.1. The van der Waals surface area contributed by atoms with Crippen molar-refractivity contribution in [1.29, 1.82) is 0 Å². The predicted molar refractivity (Wildman–Crippen MR) is 143 cm³/mol. The number of amides is 1. The van der Waals surface area contributed by atoms with Crippen molar-refractivity contribution < 1.29 is 13.9 Å². The minimum Gasteiger partial charge on any atom is -0.489 e. The number of benzene rings is 4. The topological polar surface area (TPSA) is 55.6 Å². The van der Waals surface area contributed by atoms with Crippen molar-refractivity contribution in [1.82, 2.24) is 4.98 Å². The number of ether oxygens (including phenoxy) is 1. The number of carbonyl (C=O) groups excluding carboxylic acids is 1. The van der Waals surface area contributed by atoms with Crippen LogP contribution >= 0.6 is 11.6 Å². The summed E-state index contributed by atoms with van der Waals surface area (Å²) in [6, 6.07) is 28.9. The summed E-state index contributed by atoms with van der Waals surface area (Å²) in [6.45, 7) is 4.35. The molecule has 5 nitrogen and oxygen atoms in total. The molecule has 36 heavy (non-hydrogen) atoms. The third-order valence-electron chi connectivity index (χ3n) is 6.05. The lowest BCUT2D eigenvalue weighted by Gasteiger charge is -2.23. The standard InChI is InChI=1S/C30H25ClN2O3/c1-20-7-3-5-9-26(20)30-32-27-17-25(15-16-29(27)36-30)33(21(2)34)18-23-8-4-6-10-28(23)35-19-22-11-13-24(31)14-12-22/h3-17H,18-19H2,1-2H3. The highest BCUT2D eigenvalue weighted by molar-refractivity contribution is 6.30. The number of anilines is 1. The van der Waals surface area contributed by atoms with E-state index in [0.29, 0.717) is 35.2 Å². The van der Waals surface area contributed by atoms with Gasteiger partial charge in [-0.3, -0.25) is 4.79 Å². The molecule has 6 heteroatoms. The van der Waals surface area contributed by atoms with Crippen LogP contribution in [0.25, 0.3) is 22.6 Å². The molecule has 0 saturated carbocycles. The molecule has 0 radical (unpaired) electrons. The van der Waals surface area contributed by atoms with Gasteiger partial charge in [0.05, 0.1) is 6.54 Å². The van der Waals surface area contributed by atoms with Gasteiger partial charge in [-0.2, -0.15) is 0 Å². The van der Waals surface area contributed by atoms with Gasteiger partial charge in [0.25, 0.3) is 0 Å². The van der Waals surface area contributed by atoms with E-state index in [1.165, 1.54) is 0 Å². The second kappa shape index (κ2) is 10.3. The van der Waals surface area contributed by atoms with E-state index in [2.05, 4.69) is 0 Å². The third kappa shape index (κ3) is 5.11. The molecule has 4 aromatic carbocycles. The average Bonchev–Trinajstić information content (AvgIpc) is 3.31. The maximum atomic E-state index is 12.7. The normalized spacial score (nSPS) is 11.0. The van der Waals surface area contributed by atoms with Gasteiger partial charge in [0, 0.05) is 28.8 Å². The van der Waals surface area contributed by atoms with Gasteiger partial charge in [0.15, 0.2) is 5.58 Å². The molecule has 0 fully saturated rings. The Bertz CT molecular complexity index is 1530. The summed E-state index contributed by atoms with van der Waals surface area (Å²) in [7, 11) is 0. The fraction of sp³-hybridized carbons (Fsp3) is 0.133. The van der Waals surface area contributed by atoms with Crippen molar-refractivity contribution in [2.45, 2.75) is 27.0 Å². The van der Waals surface area contributed by atoms with Crippen LogP contribution in [0.4, 0.5) is 5.69 Å². The van der Waals surface area contributed by atoms with Crippen LogP contribution in [0.3, 0.4) is 0 Å². The second-order valence-electron chi connectivity index (χ2n) is 8.61. The number of hydrogen-bond acceptors (Lipinski definition) is 4. The summed E-state index contributed by atoms with van der Waals surface area (Å²) >= 11 is 5.99. The fourth-order valence-corrected chi connectivity index (χ4v) is 4.21. The number of oxazole rings is 1. The zero-order chi connectivity index (χ0) is 25.1. The first-order chi connectivity index (χ1) is 17.5. The maximum absolute atomic E-state index is 12.7. The molecule has 1 aromatic heterocycles. The van der Waals surface area contributed by atoms with Crippen molar-refractivity contribution in [2.24, 2.45) is 0 Å². The van der Waals surface area contributed by atoms with E-state index >= 15 is 0 Å². The Kier molecular flexibility index (Phi) is 6.74. The molecule has 180 valence electrons. The molecule has 0 spiro atoms. The van der Waals surface area contributed by atoms with Gasteiger partial charge >= 0.3 is 0 Å². The number of aryl methyl sites for hydroxylation is 1. The molecule has 0 saturated heterocycles. The lowest BCUT2D eigenvalue weighted by atomic mass is 10.1. The minimum atomic E-state index is -0.0792. The first-order valence-corrected chi connectivity index (χ1v) is 12.1. The molecule has 5 rings (SSSR count). The molecule has 0 aliphatic heterocycles. The highest BCUT2D eigenvalue weighted by atomic mass is 35.5. The quantitative estimate of drug-likeness (QED) is 0.233. The molecule has 0 unspecified atom stereocenters. The fourth-order valence-electron chi connectivity index (χ4n) is 4.08. The Hall–Kier alpha value is -4.09. The second-order valence-corrected chi connectivity index (χ2v) is 9.05. The van der Waals surface area contributed by atoms with Crippen molar-refractivity contribution in [2.75, 3.05) is 4.90 Å². The van der Waals surface area contributed by atoms with Gasteiger partial charge in [-0.25, -0.2) is 4.98 Å². The molecule has 1 amide bonds. The number of rotatable bonds is 7. The first kappa shape index (κ1) is 23.6. The minimum absolute atomic E-state index is 0.0792. The van der Waals surface area contributed by atoms with E-state index in [9.17, 15) is 4.79 Å². The van der Waals surface area contributed by atoms with Crippen molar-refractivity contribution in [3.63, 3.8) is 0 Å². The monoisotopic (exact) mass is 496 g/mol. The van der Waals surface area contributed by atoms with E-state index in [0.717, 1.165) is 33.7 Å². The van der Waals surface area contributed by atoms with Gasteiger partial charge in [-0.1, -0.05) is 60.1 Å². The molecule has 0 atom stereocenters. The van der Waals surface area contributed by atoms with Crippen molar-refractivity contribution >= 4 is 34.3 Å². The van der Waals surface area contributed by atoms with Crippen LogP contribution in [0.5, 0.6) is 5.75 Å². The van der Waals surface area contributed by atoms with E-state index in [1.807, 2.05) is 97.9 Å². The van der Waals surface area contributed by atoms with Crippen LogP contribution in [0.15, 0.2) is 95.4 Å². The largest absolute Gasteiger partial charge is 0.489 e. The summed E-state index contributed by atoms with van der Waals surface area (Å²) in [5.41, 5.74) is 6.07. The van der Waals surface area contributed by atoms with Crippen LogP contribution in [0, 0.1) is 6.92 Å². The molecular formula is C30H25ClN2O3. The molecular weight excluding hydrogens is 472 g/mol. The Balaban J connectivity index is 1.40. The van der Waals surface area contributed by atoms with E-state index < -0.39 is 0 Å². The smallest absolute Gasteiger partial charge is 0.227 e. The maximum Gasteiger partial charge on any atom is 0.227 e. The number of fused-ring (bicyclic) bond motifs is 1. The van der Waals surface area contributed by atoms with Gasteiger partial charge in [0.2, 0.25) is 11.8 Å². The lowest BCUT2D eigenvalue weighted by molar-refractivity contribution is -0.116. The summed E-state index contributed by atoms with van der Waals surface area (Å²) in [6.07, 6.45) is 0. The van der Waals surface area contributed by atoms with Crippen LogP contribution in [0.1, 0.15) is 23.6 Å². The van der Waals surface area contributed by atoms with Crippen molar-refractivity contribution in [3.05, 3.63) is 113 Å². The van der Waals surface area contributed by atoms with E-state index in [1.54, 1.807) is 11.8 Å². The first-order valence-electron chi connectivity index (χ1n) is 11.7. The number of carbonyl (C=O) groups is 1. The zero-order valence-corrected chi connectivity index (χ0v) is 20.8. The number of para-hydroxylation sites is 1. The Labute approximate surface area is 214 Å². The third-order valence-corrected chi connectivity index (χ3v) is 6.30. The molecule has 0 N–H and O–H groups in total. The van der Waals surface area contributed by atoms with Gasteiger partial charge in [-0.15, -0.1) is 0 Å². The van der Waals surface area contributed by atoms with Crippen LogP contribution in [-0.2, 0) is 17.9 Å². The predicted octanol–water partition coefficient (Wildman–Crippen LogP) is 7.59. The van der Waals surface area contributed by atoms with E-state index in [-0.39, 0.29) is 5.91 Å². The van der Waals surface area contributed by atoms with E-state index in [4.69, 9.17) is 25.7 Å². The summed E-state index contributed by atoms with van der Waals surface area (Å²) in [5, 5.41) is 0.686. The lowest BCUT2D eigenvalue weighted by Crippen LogP contribution is -2.28. The Morgan fingerprint density at radius 2 is 1.72 bits per heavy atom. The van der Waals surface area contributed by atoms with Crippen LogP contribution in [0.2, 0.25) is 5.02 Å². The molecule has 0 aliphatic carbocycles. The Morgan fingerprint density at radius 1 is 0.972 bits per heavy atom.